The Morgan fingerprint density at radius 1 is 1.35 bits per heavy atom. The van der Waals surface area contributed by atoms with Gasteiger partial charge in [0.05, 0.1) is 28.4 Å². The Hall–Kier alpha value is -2.45. The molecule has 3 rings (SSSR count). The number of carboxylic acids is 1. The van der Waals surface area contributed by atoms with Crippen molar-refractivity contribution >= 4 is 57.2 Å². The third-order valence-corrected chi connectivity index (χ3v) is 4.53. The van der Waals surface area contributed by atoms with Crippen LogP contribution in [-0.2, 0) is 9.59 Å². The highest BCUT2D eigenvalue weighted by Gasteiger charge is 2.32. The molecule has 1 aromatic heterocycles. The maximum atomic E-state index is 12.4. The minimum Gasteiger partial charge on any atom is -0.548 e. The first-order valence-corrected chi connectivity index (χ1v) is 7.65. The minimum atomic E-state index is -1.41. The number of hydrogen-bond donors (Lipinski definition) is 0. The number of carbonyl (C=O) groups excluding carboxylic acids is 2. The summed E-state index contributed by atoms with van der Waals surface area (Å²) in [5, 5.41) is 11.0. The van der Waals surface area contributed by atoms with E-state index in [0.29, 0.717) is 11.0 Å². The number of amides is 1. The maximum Gasteiger partial charge on any atom is 0.266 e. The summed E-state index contributed by atoms with van der Waals surface area (Å²) < 4.78 is 5.48. The number of para-hydroxylation sites is 1. The zero-order valence-electron chi connectivity index (χ0n) is 11.5. The van der Waals surface area contributed by atoms with E-state index in [1.807, 2.05) is 0 Å². The van der Waals surface area contributed by atoms with E-state index in [1.165, 1.54) is 12.3 Å². The van der Waals surface area contributed by atoms with Crippen molar-refractivity contribution in [1.82, 2.24) is 4.90 Å². The molecular formula is C15H8NO5S2-. The largest absolute Gasteiger partial charge is 0.548 e. The van der Waals surface area contributed by atoms with E-state index < -0.39 is 18.4 Å². The first-order chi connectivity index (χ1) is 11.0. The van der Waals surface area contributed by atoms with Gasteiger partial charge in [0.25, 0.3) is 5.91 Å². The van der Waals surface area contributed by atoms with Crippen LogP contribution in [0.1, 0.15) is 5.56 Å². The zero-order chi connectivity index (χ0) is 16.6. The number of thioether (sulfide) groups is 1. The summed E-state index contributed by atoms with van der Waals surface area (Å²) in [6.45, 7) is -0.617. The third-order valence-electron chi connectivity index (χ3n) is 3.15. The molecule has 1 amide bonds. The summed E-state index contributed by atoms with van der Waals surface area (Å²) in [4.78, 5) is 36.3. The molecule has 116 valence electrons. The second-order valence-electron chi connectivity index (χ2n) is 4.66. The van der Waals surface area contributed by atoms with Crippen LogP contribution in [0.3, 0.4) is 0 Å². The number of carbonyl (C=O) groups is 2. The molecule has 8 heteroatoms. The van der Waals surface area contributed by atoms with Gasteiger partial charge < -0.3 is 14.3 Å². The van der Waals surface area contributed by atoms with Crippen molar-refractivity contribution < 1.29 is 19.1 Å². The van der Waals surface area contributed by atoms with Gasteiger partial charge in [0.1, 0.15) is 16.2 Å². The highest BCUT2D eigenvalue weighted by atomic mass is 32.2. The molecule has 0 unspecified atom stereocenters. The SMILES string of the molecule is O=C([O-])CN1C(=O)/C(=C\c2coc3ccccc3c2=O)SC1=S. The Morgan fingerprint density at radius 2 is 2.09 bits per heavy atom. The van der Waals surface area contributed by atoms with Crippen molar-refractivity contribution in [3.8, 4) is 0 Å². The molecule has 6 nitrogen and oxygen atoms in total. The van der Waals surface area contributed by atoms with Crippen LogP contribution in [-0.4, -0.2) is 27.6 Å². The number of hydrogen-bond acceptors (Lipinski definition) is 7. The van der Waals surface area contributed by atoms with Crippen LogP contribution in [0.2, 0.25) is 0 Å². The Morgan fingerprint density at radius 3 is 2.83 bits per heavy atom. The normalized spacial score (nSPS) is 16.5. The summed E-state index contributed by atoms with van der Waals surface area (Å²) in [5.74, 6) is -1.98. The summed E-state index contributed by atoms with van der Waals surface area (Å²) in [5.41, 5.74) is 0.355. The first-order valence-electron chi connectivity index (χ1n) is 6.43. The van der Waals surface area contributed by atoms with E-state index in [2.05, 4.69) is 0 Å². The molecule has 2 heterocycles. The van der Waals surface area contributed by atoms with E-state index in [1.54, 1.807) is 24.3 Å². The second kappa shape index (κ2) is 5.98. The van der Waals surface area contributed by atoms with E-state index in [0.717, 1.165) is 16.7 Å². The van der Waals surface area contributed by atoms with Crippen molar-refractivity contribution in [1.29, 1.82) is 0 Å². The van der Waals surface area contributed by atoms with Crippen LogP contribution >= 0.6 is 24.0 Å². The average Bonchev–Trinajstić information content (AvgIpc) is 2.77. The quantitative estimate of drug-likeness (QED) is 0.598. The molecular weight excluding hydrogens is 338 g/mol. The Balaban J connectivity index is 2.01. The Labute approximate surface area is 139 Å². The smallest absolute Gasteiger partial charge is 0.266 e. The third kappa shape index (κ3) is 2.90. The number of nitrogens with zero attached hydrogens (tertiary/aromatic N) is 1. The highest BCUT2D eigenvalue weighted by Crippen LogP contribution is 2.32. The average molecular weight is 346 g/mol. The number of benzene rings is 1. The van der Waals surface area contributed by atoms with Crippen LogP contribution in [0.4, 0.5) is 0 Å². The molecule has 1 aromatic carbocycles. The van der Waals surface area contributed by atoms with Crippen molar-refractivity contribution in [2.24, 2.45) is 0 Å². The van der Waals surface area contributed by atoms with Gasteiger partial charge in [0.2, 0.25) is 0 Å². The van der Waals surface area contributed by atoms with Gasteiger partial charge in [-0.2, -0.15) is 0 Å². The topological polar surface area (TPSA) is 90.7 Å². The van der Waals surface area contributed by atoms with E-state index in [9.17, 15) is 19.5 Å². The minimum absolute atomic E-state index is 0.107. The van der Waals surface area contributed by atoms with E-state index in [4.69, 9.17) is 16.6 Å². The molecule has 0 bridgehead atoms. The predicted molar refractivity (Wildman–Crippen MR) is 87.4 cm³/mol. The van der Waals surface area contributed by atoms with E-state index >= 15 is 0 Å². The zero-order valence-corrected chi connectivity index (χ0v) is 13.1. The highest BCUT2D eigenvalue weighted by molar-refractivity contribution is 8.26. The number of thiocarbonyl (C=S) groups is 1. The van der Waals surface area contributed by atoms with Gasteiger partial charge in [-0.15, -0.1) is 0 Å². The number of carboxylic acid groups (broad SMARTS) is 1. The molecule has 1 saturated heterocycles. The van der Waals surface area contributed by atoms with Gasteiger partial charge in [-0.1, -0.05) is 36.1 Å². The number of rotatable bonds is 3. The fraction of sp³-hybridized carbons (Fsp3) is 0.0667. The van der Waals surface area contributed by atoms with Gasteiger partial charge >= 0.3 is 0 Å². The molecule has 1 fully saturated rings. The van der Waals surface area contributed by atoms with Gasteiger partial charge in [0, 0.05) is 0 Å². The van der Waals surface area contributed by atoms with Crippen molar-refractivity contribution in [2.45, 2.75) is 0 Å². The van der Waals surface area contributed by atoms with Crippen LogP contribution < -0.4 is 10.5 Å². The number of aliphatic carboxylic acids is 1. The molecule has 0 saturated carbocycles. The van der Waals surface area contributed by atoms with Crippen LogP contribution in [0.25, 0.3) is 17.0 Å². The van der Waals surface area contributed by atoms with E-state index in [-0.39, 0.29) is 20.2 Å². The van der Waals surface area contributed by atoms with Gasteiger partial charge in [-0.25, -0.2) is 0 Å². The molecule has 1 aliphatic heterocycles. The molecule has 0 spiro atoms. The van der Waals surface area contributed by atoms with Crippen LogP contribution in [0.15, 0.2) is 44.6 Å². The molecule has 2 aromatic rings. The molecule has 1 aliphatic rings. The lowest BCUT2D eigenvalue weighted by Crippen LogP contribution is -2.40. The van der Waals surface area contributed by atoms with Gasteiger partial charge in [0.15, 0.2) is 5.43 Å². The van der Waals surface area contributed by atoms with Crippen molar-refractivity contribution in [3.05, 3.63) is 51.2 Å². The van der Waals surface area contributed by atoms with Crippen molar-refractivity contribution in [2.75, 3.05) is 6.54 Å². The second-order valence-corrected chi connectivity index (χ2v) is 6.33. The predicted octanol–water partition coefficient (Wildman–Crippen LogP) is 0.744. The standard InChI is InChI=1S/C15H9NO5S2/c17-12(18)6-16-14(20)11(23-15(16)22)5-8-7-21-10-4-2-1-3-9(10)13(8)19/h1-5,7H,6H2,(H,17,18)/p-1/b11-5+. The summed E-state index contributed by atoms with van der Waals surface area (Å²) in [6.07, 6.45) is 2.61. The molecule has 0 N–H and O–H groups in total. The molecule has 0 atom stereocenters. The van der Waals surface area contributed by atoms with Gasteiger partial charge in [-0.05, 0) is 18.2 Å². The van der Waals surface area contributed by atoms with Gasteiger partial charge in [-0.3, -0.25) is 14.5 Å². The summed E-state index contributed by atoms with van der Waals surface area (Å²) >= 11 is 5.90. The van der Waals surface area contributed by atoms with Crippen LogP contribution in [0, 0.1) is 0 Å². The fourth-order valence-electron chi connectivity index (χ4n) is 2.10. The van der Waals surface area contributed by atoms with Crippen molar-refractivity contribution in [3.63, 3.8) is 0 Å². The fourth-order valence-corrected chi connectivity index (χ4v) is 3.35. The Kier molecular flexibility index (Phi) is 4.01. The molecule has 0 aliphatic carbocycles. The summed E-state index contributed by atoms with van der Waals surface area (Å²) in [7, 11) is 0. The first kappa shape index (κ1) is 15.4. The Bertz CT molecular complexity index is 931. The lowest BCUT2D eigenvalue weighted by atomic mass is 10.1. The molecule has 23 heavy (non-hydrogen) atoms. The maximum absolute atomic E-state index is 12.4. The number of fused-ring (bicyclic) bond motifs is 1. The molecule has 0 radical (unpaired) electrons. The summed E-state index contributed by atoms with van der Waals surface area (Å²) in [6, 6.07) is 6.75. The lowest BCUT2D eigenvalue weighted by molar-refractivity contribution is -0.305. The lowest BCUT2D eigenvalue weighted by Gasteiger charge is -2.14. The van der Waals surface area contributed by atoms with Crippen LogP contribution in [0.5, 0.6) is 0 Å². The monoisotopic (exact) mass is 346 g/mol.